The maximum absolute atomic E-state index is 12.2. The third-order valence-corrected chi connectivity index (χ3v) is 5.03. The van der Waals surface area contributed by atoms with Gasteiger partial charge in [-0.05, 0) is 38.1 Å². The van der Waals surface area contributed by atoms with Crippen molar-refractivity contribution in [2.75, 3.05) is 31.2 Å². The van der Waals surface area contributed by atoms with Crippen molar-refractivity contribution >= 4 is 21.4 Å². The van der Waals surface area contributed by atoms with Crippen molar-refractivity contribution in [3.05, 3.63) is 24.3 Å². The van der Waals surface area contributed by atoms with Crippen LogP contribution in [0.25, 0.3) is 0 Å². The summed E-state index contributed by atoms with van der Waals surface area (Å²) in [6.07, 6.45) is 7.10. The Kier molecular flexibility index (Phi) is 5.97. The monoisotopic (exact) mass is 324 g/mol. The van der Waals surface area contributed by atoms with Crippen molar-refractivity contribution in [1.29, 1.82) is 0 Å². The van der Waals surface area contributed by atoms with Gasteiger partial charge in [0.25, 0.3) is 0 Å². The molecule has 1 heterocycles. The summed E-state index contributed by atoms with van der Waals surface area (Å²) in [5.74, 6) is -0.156. The van der Waals surface area contributed by atoms with Crippen molar-refractivity contribution in [1.82, 2.24) is 4.90 Å². The molecule has 0 saturated carbocycles. The lowest BCUT2D eigenvalue weighted by Gasteiger charge is -2.23. The first-order valence-electron chi connectivity index (χ1n) is 7.78. The maximum Gasteiger partial charge on any atom is 0.238 e. The fourth-order valence-corrected chi connectivity index (χ4v) is 3.60. The maximum atomic E-state index is 12.2. The Morgan fingerprint density at radius 2 is 1.68 bits per heavy atom. The summed E-state index contributed by atoms with van der Waals surface area (Å²) in [7, 11) is -3.35. The van der Waals surface area contributed by atoms with E-state index in [1.54, 1.807) is 18.2 Å². The number of likely N-dealkylation sites (tertiary alicyclic amines) is 1. The summed E-state index contributed by atoms with van der Waals surface area (Å²) in [6.45, 7) is 2.18. The average molecular weight is 324 g/mol. The topological polar surface area (TPSA) is 66.5 Å². The van der Waals surface area contributed by atoms with Gasteiger partial charge in [0.05, 0.1) is 17.1 Å². The minimum absolute atomic E-state index is 0.156. The molecule has 2 rings (SSSR count). The highest BCUT2D eigenvalue weighted by Gasteiger charge is 2.16. The van der Waals surface area contributed by atoms with Crippen LogP contribution in [0.2, 0.25) is 0 Å². The number of para-hydroxylation sites is 1. The van der Waals surface area contributed by atoms with Gasteiger partial charge in [0.2, 0.25) is 5.91 Å². The molecule has 0 aromatic heterocycles. The van der Waals surface area contributed by atoms with Crippen molar-refractivity contribution < 1.29 is 13.2 Å². The van der Waals surface area contributed by atoms with Crippen LogP contribution in [-0.4, -0.2) is 45.1 Å². The second kappa shape index (κ2) is 7.74. The van der Waals surface area contributed by atoms with Crippen LogP contribution in [0.4, 0.5) is 5.69 Å². The average Bonchev–Trinajstić information content (AvgIpc) is 2.41. The molecule has 1 aromatic rings. The van der Waals surface area contributed by atoms with E-state index in [-0.39, 0.29) is 10.8 Å². The smallest absolute Gasteiger partial charge is 0.238 e. The predicted octanol–water partition coefficient (Wildman–Crippen LogP) is 2.29. The van der Waals surface area contributed by atoms with Gasteiger partial charge in [-0.2, -0.15) is 0 Å². The standard InChI is InChI=1S/C16H24N2O3S/c1-22(20,21)15-10-6-5-9-14(15)17-16(19)13-18-11-7-3-2-4-8-12-18/h5-6,9-10H,2-4,7-8,11-13H2,1H3,(H,17,19). The molecule has 22 heavy (non-hydrogen) atoms. The molecule has 1 fully saturated rings. The Balaban J connectivity index is 2.00. The normalized spacial score (nSPS) is 17.5. The van der Waals surface area contributed by atoms with Gasteiger partial charge < -0.3 is 5.32 Å². The Labute approximate surface area is 132 Å². The molecule has 0 unspecified atom stereocenters. The molecule has 1 aromatic carbocycles. The number of sulfone groups is 1. The summed E-state index contributed by atoms with van der Waals surface area (Å²) in [4.78, 5) is 14.5. The fourth-order valence-electron chi connectivity index (χ4n) is 2.76. The second-order valence-corrected chi connectivity index (χ2v) is 7.84. The molecule has 1 amide bonds. The molecule has 5 nitrogen and oxygen atoms in total. The summed E-state index contributed by atoms with van der Waals surface area (Å²) < 4.78 is 23.5. The first-order chi connectivity index (χ1) is 10.5. The Hall–Kier alpha value is -1.40. The van der Waals surface area contributed by atoms with Crippen LogP contribution in [0, 0.1) is 0 Å². The zero-order chi connectivity index (χ0) is 16.0. The highest BCUT2D eigenvalue weighted by molar-refractivity contribution is 7.90. The second-order valence-electron chi connectivity index (χ2n) is 5.86. The van der Waals surface area contributed by atoms with Gasteiger partial charge in [-0.3, -0.25) is 9.69 Å². The first-order valence-corrected chi connectivity index (χ1v) is 9.67. The van der Waals surface area contributed by atoms with Gasteiger partial charge in [-0.25, -0.2) is 8.42 Å². The van der Waals surface area contributed by atoms with Crippen LogP contribution in [-0.2, 0) is 14.6 Å². The number of carbonyl (C=O) groups is 1. The number of rotatable bonds is 4. The van der Waals surface area contributed by atoms with E-state index in [2.05, 4.69) is 10.2 Å². The van der Waals surface area contributed by atoms with Gasteiger partial charge >= 0.3 is 0 Å². The molecular weight excluding hydrogens is 300 g/mol. The molecule has 1 N–H and O–H groups in total. The quantitative estimate of drug-likeness (QED) is 0.923. The zero-order valence-corrected chi connectivity index (χ0v) is 13.9. The third kappa shape index (κ3) is 5.10. The zero-order valence-electron chi connectivity index (χ0n) is 13.0. The van der Waals surface area contributed by atoms with Crippen LogP contribution >= 0.6 is 0 Å². The van der Waals surface area contributed by atoms with Crippen LogP contribution in [0.15, 0.2) is 29.2 Å². The van der Waals surface area contributed by atoms with Crippen molar-refractivity contribution in [2.45, 2.75) is 37.0 Å². The molecular formula is C16H24N2O3S. The number of nitrogens with one attached hydrogen (secondary N) is 1. The van der Waals surface area contributed by atoms with Crippen LogP contribution < -0.4 is 5.32 Å². The van der Waals surface area contributed by atoms with Crippen LogP contribution in [0.5, 0.6) is 0 Å². The first kappa shape index (κ1) is 17.0. The molecule has 0 atom stereocenters. The summed E-state index contributed by atoms with van der Waals surface area (Å²) >= 11 is 0. The SMILES string of the molecule is CS(=O)(=O)c1ccccc1NC(=O)CN1CCCCCCC1. The van der Waals surface area contributed by atoms with Gasteiger partial charge in [0.15, 0.2) is 9.84 Å². The van der Waals surface area contributed by atoms with E-state index in [4.69, 9.17) is 0 Å². The van der Waals surface area contributed by atoms with Crippen molar-refractivity contribution in [3.63, 3.8) is 0 Å². The number of nitrogens with zero attached hydrogens (tertiary/aromatic N) is 1. The number of carbonyl (C=O) groups excluding carboxylic acids is 1. The minimum Gasteiger partial charge on any atom is -0.324 e. The molecule has 0 spiro atoms. The van der Waals surface area contributed by atoms with Gasteiger partial charge in [0.1, 0.15) is 0 Å². The predicted molar refractivity (Wildman–Crippen MR) is 87.7 cm³/mol. The van der Waals surface area contributed by atoms with E-state index in [0.29, 0.717) is 12.2 Å². The van der Waals surface area contributed by atoms with Crippen molar-refractivity contribution in [3.8, 4) is 0 Å². The van der Waals surface area contributed by atoms with E-state index >= 15 is 0 Å². The number of hydrogen-bond donors (Lipinski definition) is 1. The van der Waals surface area contributed by atoms with E-state index < -0.39 is 9.84 Å². The molecule has 0 aliphatic carbocycles. The Bertz CT molecular complexity index is 606. The lowest BCUT2D eigenvalue weighted by atomic mass is 10.1. The van der Waals surface area contributed by atoms with E-state index in [1.165, 1.54) is 25.3 Å². The molecule has 1 saturated heterocycles. The number of hydrogen-bond acceptors (Lipinski definition) is 4. The largest absolute Gasteiger partial charge is 0.324 e. The lowest BCUT2D eigenvalue weighted by Crippen LogP contribution is -2.35. The minimum atomic E-state index is -3.35. The van der Waals surface area contributed by atoms with Gasteiger partial charge in [-0.1, -0.05) is 31.4 Å². The van der Waals surface area contributed by atoms with E-state index in [1.807, 2.05) is 0 Å². The Morgan fingerprint density at radius 1 is 1.09 bits per heavy atom. The molecule has 1 aliphatic heterocycles. The molecule has 6 heteroatoms. The summed E-state index contributed by atoms with van der Waals surface area (Å²) in [6, 6.07) is 6.52. The van der Waals surface area contributed by atoms with E-state index in [0.717, 1.165) is 32.2 Å². The van der Waals surface area contributed by atoms with Crippen LogP contribution in [0.3, 0.4) is 0 Å². The molecule has 0 radical (unpaired) electrons. The number of amides is 1. The summed E-state index contributed by atoms with van der Waals surface area (Å²) in [5.41, 5.74) is 0.363. The number of benzene rings is 1. The number of anilines is 1. The fraction of sp³-hybridized carbons (Fsp3) is 0.562. The van der Waals surface area contributed by atoms with Gasteiger partial charge in [-0.15, -0.1) is 0 Å². The van der Waals surface area contributed by atoms with Crippen molar-refractivity contribution in [2.24, 2.45) is 0 Å². The third-order valence-electron chi connectivity index (χ3n) is 3.88. The van der Waals surface area contributed by atoms with Gasteiger partial charge in [0, 0.05) is 6.26 Å². The van der Waals surface area contributed by atoms with Crippen LogP contribution in [0.1, 0.15) is 32.1 Å². The molecule has 0 bridgehead atoms. The van der Waals surface area contributed by atoms with E-state index in [9.17, 15) is 13.2 Å². The molecule has 122 valence electrons. The summed E-state index contributed by atoms with van der Waals surface area (Å²) in [5, 5.41) is 2.74. The lowest BCUT2D eigenvalue weighted by molar-refractivity contribution is -0.117. The highest BCUT2D eigenvalue weighted by atomic mass is 32.2. The highest BCUT2D eigenvalue weighted by Crippen LogP contribution is 2.20. The Morgan fingerprint density at radius 3 is 2.32 bits per heavy atom. The molecule has 1 aliphatic rings.